The second kappa shape index (κ2) is 6.86. The van der Waals surface area contributed by atoms with E-state index in [4.69, 9.17) is 4.98 Å². The van der Waals surface area contributed by atoms with Crippen molar-refractivity contribution in [1.82, 2.24) is 20.1 Å². The van der Waals surface area contributed by atoms with Gasteiger partial charge in [0.15, 0.2) is 0 Å². The van der Waals surface area contributed by atoms with Crippen LogP contribution in [0.2, 0.25) is 0 Å². The highest BCUT2D eigenvalue weighted by Crippen LogP contribution is 2.56. The summed E-state index contributed by atoms with van der Waals surface area (Å²) in [5.41, 5.74) is 0.935. The number of carbonyl (C=O) groups excluding carboxylic acids is 1. The summed E-state index contributed by atoms with van der Waals surface area (Å²) in [4.78, 5) is 17.2. The van der Waals surface area contributed by atoms with Gasteiger partial charge in [0, 0.05) is 24.9 Å². The number of benzene rings is 1. The van der Waals surface area contributed by atoms with Crippen LogP contribution in [0.25, 0.3) is 0 Å². The third-order valence-corrected chi connectivity index (χ3v) is 6.52. The lowest BCUT2D eigenvalue weighted by atomic mass is 9.65. The molecule has 140 valence electrons. The van der Waals surface area contributed by atoms with Crippen molar-refractivity contribution in [3.63, 3.8) is 0 Å². The molecule has 1 aromatic heterocycles. The standard InChI is InChI=1S/C21H30N4O/c1-15-23-19(25(24-15)14-12-16-9-7-6-8-10-16)21(4)13-11-17(18(26)22-5)20(21,2)3/h6-10,17H,11-14H2,1-5H3,(H,22,26)/t17-,21+/m0/s1. The number of amides is 1. The molecule has 0 bridgehead atoms. The van der Waals surface area contributed by atoms with Gasteiger partial charge < -0.3 is 5.32 Å². The van der Waals surface area contributed by atoms with Crippen molar-refractivity contribution in [2.75, 3.05) is 7.05 Å². The molecule has 1 fully saturated rings. The number of hydrogen-bond donors (Lipinski definition) is 1. The molecule has 1 aliphatic rings. The molecule has 1 heterocycles. The van der Waals surface area contributed by atoms with E-state index in [1.807, 2.05) is 13.0 Å². The average molecular weight is 354 g/mol. The minimum absolute atomic E-state index is 0.00270. The maximum atomic E-state index is 12.4. The first-order valence-electron chi connectivity index (χ1n) is 9.47. The molecule has 2 aromatic rings. The van der Waals surface area contributed by atoms with Gasteiger partial charge in [0.1, 0.15) is 11.6 Å². The quantitative estimate of drug-likeness (QED) is 0.896. The summed E-state index contributed by atoms with van der Waals surface area (Å²) in [6.07, 6.45) is 2.75. The first kappa shape index (κ1) is 18.6. The van der Waals surface area contributed by atoms with E-state index in [0.717, 1.165) is 37.5 Å². The molecule has 0 unspecified atom stereocenters. The topological polar surface area (TPSA) is 59.8 Å². The molecule has 5 nitrogen and oxygen atoms in total. The van der Waals surface area contributed by atoms with Gasteiger partial charge in [-0.25, -0.2) is 9.67 Å². The number of aryl methyl sites for hydroxylation is 3. The Morgan fingerprint density at radius 3 is 2.62 bits per heavy atom. The lowest BCUT2D eigenvalue weighted by Crippen LogP contribution is -2.44. The van der Waals surface area contributed by atoms with Gasteiger partial charge in [-0.05, 0) is 37.2 Å². The third kappa shape index (κ3) is 3.04. The summed E-state index contributed by atoms with van der Waals surface area (Å²) in [5.74, 6) is 1.94. The number of rotatable bonds is 5. The Labute approximate surface area is 156 Å². The zero-order valence-corrected chi connectivity index (χ0v) is 16.5. The van der Waals surface area contributed by atoms with Gasteiger partial charge in [-0.15, -0.1) is 0 Å². The largest absolute Gasteiger partial charge is 0.359 e. The molecule has 0 aliphatic heterocycles. The van der Waals surface area contributed by atoms with Gasteiger partial charge in [0.25, 0.3) is 0 Å². The summed E-state index contributed by atoms with van der Waals surface area (Å²) < 4.78 is 2.07. The maximum Gasteiger partial charge on any atom is 0.223 e. The molecule has 0 saturated heterocycles. The Morgan fingerprint density at radius 2 is 1.96 bits per heavy atom. The highest BCUT2D eigenvalue weighted by molar-refractivity contribution is 5.80. The second-order valence-corrected chi connectivity index (χ2v) is 8.20. The van der Waals surface area contributed by atoms with Crippen LogP contribution in [-0.2, 0) is 23.2 Å². The van der Waals surface area contributed by atoms with E-state index < -0.39 is 0 Å². The smallest absolute Gasteiger partial charge is 0.223 e. The van der Waals surface area contributed by atoms with Crippen LogP contribution in [0.4, 0.5) is 0 Å². The summed E-state index contributed by atoms with van der Waals surface area (Å²) in [6.45, 7) is 9.40. The average Bonchev–Trinajstić information content (AvgIpc) is 3.11. The van der Waals surface area contributed by atoms with E-state index in [9.17, 15) is 4.79 Å². The fourth-order valence-electron chi connectivity index (χ4n) is 4.43. The van der Waals surface area contributed by atoms with Crippen LogP contribution < -0.4 is 5.32 Å². The van der Waals surface area contributed by atoms with Gasteiger partial charge in [-0.1, -0.05) is 51.1 Å². The van der Waals surface area contributed by atoms with Gasteiger partial charge >= 0.3 is 0 Å². The van der Waals surface area contributed by atoms with E-state index in [0.29, 0.717) is 0 Å². The number of nitrogens with one attached hydrogen (secondary N) is 1. The number of nitrogens with zero attached hydrogens (tertiary/aromatic N) is 3. The molecular formula is C21H30N4O. The summed E-state index contributed by atoms with van der Waals surface area (Å²) in [5, 5.41) is 7.51. The van der Waals surface area contributed by atoms with Gasteiger partial charge in [0.2, 0.25) is 5.91 Å². The van der Waals surface area contributed by atoms with Crippen LogP contribution in [0.5, 0.6) is 0 Å². The molecule has 1 aliphatic carbocycles. The zero-order valence-electron chi connectivity index (χ0n) is 16.5. The Morgan fingerprint density at radius 1 is 1.27 bits per heavy atom. The van der Waals surface area contributed by atoms with Crippen molar-refractivity contribution in [3.05, 3.63) is 47.5 Å². The Balaban J connectivity index is 1.90. The van der Waals surface area contributed by atoms with Gasteiger partial charge in [-0.2, -0.15) is 5.10 Å². The first-order chi connectivity index (χ1) is 12.3. The molecule has 3 rings (SSSR count). The second-order valence-electron chi connectivity index (χ2n) is 8.20. The molecule has 1 amide bonds. The van der Waals surface area contributed by atoms with Crippen molar-refractivity contribution in [2.45, 2.75) is 58.9 Å². The lowest BCUT2D eigenvalue weighted by Gasteiger charge is -2.40. The number of hydrogen-bond acceptors (Lipinski definition) is 3. The highest BCUT2D eigenvalue weighted by Gasteiger charge is 2.56. The van der Waals surface area contributed by atoms with E-state index >= 15 is 0 Å². The summed E-state index contributed by atoms with van der Waals surface area (Å²) in [6, 6.07) is 10.5. The minimum atomic E-state index is -0.183. The summed E-state index contributed by atoms with van der Waals surface area (Å²) in [7, 11) is 1.72. The normalized spacial score (nSPS) is 24.6. The predicted molar refractivity (Wildman–Crippen MR) is 103 cm³/mol. The van der Waals surface area contributed by atoms with Crippen molar-refractivity contribution in [2.24, 2.45) is 11.3 Å². The van der Waals surface area contributed by atoms with Crippen LogP contribution in [0.15, 0.2) is 30.3 Å². The van der Waals surface area contributed by atoms with E-state index in [2.05, 4.69) is 60.1 Å². The summed E-state index contributed by atoms with van der Waals surface area (Å²) >= 11 is 0. The third-order valence-electron chi connectivity index (χ3n) is 6.52. The van der Waals surface area contributed by atoms with Crippen LogP contribution in [0, 0.1) is 18.3 Å². The first-order valence-corrected chi connectivity index (χ1v) is 9.47. The van der Waals surface area contributed by atoms with E-state index in [1.165, 1.54) is 5.56 Å². The van der Waals surface area contributed by atoms with Crippen LogP contribution in [0.1, 0.15) is 50.8 Å². The Bertz CT molecular complexity index is 781. The lowest BCUT2D eigenvalue weighted by molar-refractivity contribution is -0.127. The molecule has 5 heteroatoms. The monoisotopic (exact) mass is 354 g/mol. The molecule has 1 saturated carbocycles. The van der Waals surface area contributed by atoms with Crippen molar-refractivity contribution >= 4 is 5.91 Å². The zero-order chi connectivity index (χ0) is 18.9. The minimum Gasteiger partial charge on any atom is -0.359 e. The molecular weight excluding hydrogens is 324 g/mol. The number of carbonyl (C=O) groups is 1. The molecule has 0 radical (unpaired) electrons. The van der Waals surface area contributed by atoms with Gasteiger partial charge in [0.05, 0.1) is 0 Å². The van der Waals surface area contributed by atoms with Crippen molar-refractivity contribution in [3.8, 4) is 0 Å². The maximum absolute atomic E-state index is 12.4. The fraction of sp³-hybridized carbons (Fsp3) is 0.571. The number of aromatic nitrogens is 3. The van der Waals surface area contributed by atoms with Crippen LogP contribution >= 0.6 is 0 Å². The van der Waals surface area contributed by atoms with Crippen LogP contribution in [0.3, 0.4) is 0 Å². The fourth-order valence-corrected chi connectivity index (χ4v) is 4.43. The Kier molecular flexibility index (Phi) is 4.91. The SMILES string of the molecule is CNC(=O)[C@@H]1CC[C@](C)(c2nc(C)nn2CCc2ccccc2)C1(C)C. The molecule has 1 aromatic carbocycles. The predicted octanol–water partition coefficient (Wildman–Crippen LogP) is 3.27. The van der Waals surface area contributed by atoms with E-state index in [-0.39, 0.29) is 22.7 Å². The molecule has 26 heavy (non-hydrogen) atoms. The van der Waals surface area contributed by atoms with Crippen molar-refractivity contribution < 1.29 is 4.79 Å². The van der Waals surface area contributed by atoms with Crippen LogP contribution in [-0.4, -0.2) is 27.7 Å². The highest BCUT2D eigenvalue weighted by atomic mass is 16.1. The molecule has 1 N–H and O–H groups in total. The molecule has 0 spiro atoms. The molecule has 2 atom stereocenters. The van der Waals surface area contributed by atoms with Crippen molar-refractivity contribution in [1.29, 1.82) is 0 Å². The Hall–Kier alpha value is -2.17. The van der Waals surface area contributed by atoms with E-state index in [1.54, 1.807) is 7.05 Å². The van der Waals surface area contributed by atoms with Gasteiger partial charge in [-0.3, -0.25) is 4.79 Å².